The van der Waals surface area contributed by atoms with Crippen molar-refractivity contribution in [1.82, 2.24) is 0 Å². The Labute approximate surface area is 110 Å². The van der Waals surface area contributed by atoms with E-state index in [2.05, 4.69) is 23.1 Å². The van der Waals surface area contributed by atoms with Crippen LogP contribution in [0.25, 0.3) is 0 Å². The molecule has 1 aromatic carbocycles. The molecule has 1 aliphatic carbocycles. The molecule has 0 spiro atoms. The number of nitrogens with two attached hydrogens (primary N) is 1. The molecule has 0 saturated heterocycles. The lowest BCUT2D eigenvalue weighted by molar-refractivity contribution is 0.356. The van der Waals surface area contributed by atoms with Crippen LogP contribution in [0.15, 0.2) is 18.2 Å². The smallest absolute Gasteiger partial charge is 0.0632 e. The van der Waals surface area contributed by atoms with Crippen LogP contribution in [-0.4, -0.2) is 13.1 Å². The van der Waals surface area contributed by atoms with Crippen molar-refractivity contribution in [3.05, 3.63) is 23.8 Å². The Morgan fingerprint density at radius 3 is 2.78 bits per heavy atom. The third kappa shape index (κ3) is 2.33. The highest BCUT2D eigenvalue weighted by atomic mass is 15.1. The Morgan fingerprint density at radius 2 is 1.94 bits per heavy atom. The van der Waals surface area contributed by atoms with Gasteiger partial charge in [0, 0.05) is 13.1 Å². The first-order valence-electron chi connectivity index (χ1n) is 7.47. The quantitative estimate of drug-likeness (QED) is 0.805. The summed E-state index contributed by atoms with van der Waals surface area (Å²) >= 11 is 0. The molecule has 0 amide bonds. The van der Waals surface area contributed by atoms with E-state index in [4.69, 9.17) is 5.73 Å². The number of aryl methyl sites for hydroxylation is 1. The fraction of sp³-hybridized carbons (Fsp3) is 0.625. The Bertz CT molecular complexity index is 408. The molecule has 2 heteroatoms. The maximum absolute atomic E-state index is 6.20. The zero-order chi connectivity index (χ0) is 12.4. The average molecular weight is 244 g/mol. The molecular formula is C16H24N2. The van der Waals surface area contributed by atoms with Crippen molar-refractivity contribution < 1.29 is 0 Å². The molecule has 2 N–H and O–H groups in total. The third-order valence-corrected chi connectivity index (χ3v) is 4.54. The molecule has 0 radical (unpaired) electrons. The number of nitrogen functional groups attached to an aromatic ring is 1. The summed E-state index contributed by atoms with van der Waals surface area (Å²) in [5, 5.41) is 0. The molecule has 0 atom stereocenters. The number of hydrogen-bond acceptors (Lipinski definition) is 2. The van der Waals surface area contributed by atoms with E-state index in [-0.39, 0.29) is 0 Å². The van der Waals surface area contributed by atoms with Crippen LogP contribution < -0.4 is 10.6 Å². The molecule has 1 aliphatic heterocycles. The number of fused-ring (bicyclic) bond motifs is 1. The molecule has 1 aromatic rings. The average Bonchev–Trinajstić information content (AvgIpc) is 2.40. The van der Waals surface area contributed by atoms with Gasteiger partial charge in [-0.25, -0.2) is 0 Å². The minimum Gasteiger partial charge on any atom is -0.397 e. The molecule has 2 nitrogen and oxygen atoms in total. The molecule has 0 aromatic heterocycles. The van der Waals surface area contributed by atoms with Crippen molar-refractivity contribution in [1.29, 1.82) is 0 Å². The predicted molar refractivity (Wildman–Crippen MR) is 78.0 cm³/mol. The number of rotatable bonds is 2. The van der Waals surface area contributed by atoms with Gasteiger partial charge >= 0.3 is 0 Å². The summed E-state index contributed by atoms with van der Waals surface area (Å²) in [5.74, 6) is 0.893. The van der Waals surface area contributed by atoms with E-state index >= 15 is 0 Å². The van der Waals surface area contributed by atoms with Gasteiger partial charge in [0.2, 0.25) is 0 Å². The number of anilines is 2. The minimum atomic E-state index is 0.893. The van der Waals surface area contributed by atoms with Crippen LogP contribution in [0.5, 0.6) is 0 Å². The van der Waals surface area contributed by atoms with E-state index in [1.54, 1.807) is 0 Å². The van der Waals surface area contributed by atoms with Crippen molar-refractivity contribution in [3.8, 4) is 0 Å². The van der Waals surface area contributed by atoms with Gasteiger partial charge in [0.25, 0.3) is 0 Å². The molecule has 1 fully saturated rings. The van der Waals surface area contributed by atoms with E-state index < -0.39 is 0 Å². The normalized spacial score (nSPS) is 20.8. The van der Waals surface area contributed by atoms with E-state index in [1.165, 1.54) is 69.3 Å². The zero-order valence-electron chi connectivity index (χ0n) is 11.2. The van der Waals surface area contributed by atoms with Gasteiger partial charge in [-0.3, -0.25) is 0 Å². The Hall–Kier alpha value is -1.18. The highest BCUT2D eigenvalue weighted by Crippen LogP contribution is 2.35. The summed E-state index contributed by atoms with van der Waals surface area (Å²) < 4.78 is 0. The second-order valence-electron chi connectivity index (χ2n) is 5.91. The third-order valence-electron chi connectivity index (χ3n) is 4.54. The van der Waals surface area contributed by atoms with Crippen LogP contribution >= 0.6 is 0 Å². The van der Waals surface area contributed by atoms with Crippen LogP contribution in [0.3, 0.4) is 0 Å². The predicted octanol–water partition coefficient (Wildman–Crippen LogP) is 3.60. The van der Waals surface area contributed by atoms with Crippen molar-refractivity contribution >= 4 is 11.4 Å². The summed E-state index contributed by atoms with van der Waals surface area (Å²) in [4.78, 5) is 2.56. The second kappa shape index (κ2) is 5.21. The molecule has 1 saturated carbocycles. The number of hydrogen-bond donors (Lipinski definition) is 1. The summed E-state index contributed by atoms with van der Waals surface area (Å²) in [5.41, 5.74) is 9.97. The molecule has 98 valence electrons. The van der Waals surface area contributed by atoms with Gasteiger partial charge in [0.05, 0.1) is 11.4 Å². The Morgan fingerprint density at radius 1 is 1.11 bits per heavy atom. The first-order valence-corrected chi connectivity index (χ1v) is 7.47. The SMILES string of the molecule is Nc1cccc2c1N(CC1CCCCC1)CCC2. The van der Waals surface area contributed by atoms with Crippen molar-refractivity contribution in [2.45, 2.75) is 44.9 Å². The molecule has 2 aliphatic rings. The van der Waals surface area contributed by atoms with Crippen LogP contribution in [-0.2, 0) is 6.42 Å². The number of nitrogens with zero attached hydrogens (tertiary/aromatic N) is 1. The standard InChI is InChI=1S/C16H24N2/c17-15-10-4-8-14-9-5-11-18(16(14)15)12-13-6-2-1-3-7-13/h4,8,10,13H,1-3,5-7,9,11-12,17H2. The lowest BCUT2D eigenvalue weighted by atomic mass is 9.88. The molecule has 1 heterocycles. The molecule has 3 rings (SSSR count). The van der Waals surface area contributed by atoms with Gasteiger partial charge in [0.1, 0.15) is 0 Å². The Kier molecular flexibility index (Phi) is 3.44. The first-order chi connectivity index (χ1) is 8.84. The van der Waals surface area contributed by atoms with E-state index in [1.807, 2.05) is 0 Å². The second-order valence-corrected chi connectivity index (χ2v) is 5.91. The van der Waals surface area contributed by atoms with Crippen molar-refractivity contribution in [2.75, 3.05) is 23.7 Å². The lowest BCUT2D eigenvalue weighted by Gasteiger charge is -2.36. The summed E-state index contributed by atoms with van der Waals surface area (Å²) in [6.45, 7) is 2.42. The van der Waals surface area contributed by atoms with Crippen LogP contribution in [0.2, 0.25) is 0 Å². The first kappa shape index (κ1) is 11.9. The monoisotopic (exact) mass is 244 g/mol. The van der Waals surface area contributed by atoms with Gasteiger partial charge in [-0.05, 0) is 43.2 Å². The van der Waals surface area contributed by atoms with Crippen LogP contribution in [0.1, 0.15) is 44.1 Å². The number of benzene rings is 1. The van der Waals surface area contributed by atoms with Crippen molar-refractivity contribution in [3.63, 3.8) is 0 Å². The fourth-order valence-electron chi connectivity index (χ4n) is 3.63. The summed E-state index contributed by atoms with van der Waals surface area (Å²) in [7, 11) is 0. The largest absolute Gasteiger partial charge is 0.397 e. The van der Waals surface area contributed by atoms with E-state index in [0.717, 1.165) is 11.6 Å². The van der Waals surface area contributed by atoms with Gasteiger partial charge < -0.3 is 10.6 Å². The molecule has 18 heavy (non-hydrogen) atoms. The van der Waals surface area contributed by atoms with E-state index in [9.17, 15) is 0 Å². The highest BCUT2D eigenvalue weighted by molar-refractivity contribution is 5.72. The topological polar surface area (TPSA) is 29.3 Å². The zero-order valence-corrected chi connectivity index (χ0v) is 11.2. The van der Waals surface area contributed by atoms with Crippen LogP contribution in [0.4, 0.5) is 11.4 Å². The molecular weight excluding hydrogens is 220 g/mol. The highest BCUT2D eigenvalue weighted by Gasteiger charge is 2.23. The summed E-state index contributed by atoms with van der Waals surface area (Å²) in [6.07, 6.45) is 9.60. The number of para-hydroxylation sites is 1. The van der Waals surface area contributed by atoms with Gasteiger partial charge in [0.15, 0.2) is 0 Å². The van der Waals surface area contributed by atoms with E-state index in [0.29, 0.717) is 0 Å². The maximum Gasteiger partial charge on any atom is 0.0632 e. The lowest BCUT2D eigenvalue weighted by Crippen LogP contribution is -2.35. The van der Waals surface area contributed by atoms with Gasteiger partial charge in [-0.15, -0.1) is 0 Å². The molecule has 0 unspecified atom stereocenters. The van der Waals surface area contributed by atoms with Crippen molar-refractivity contribution in [2.24, 2.45) is 5.92 Å². The van der Waals surface area contributed by atoms with Crippen LogP contribution in [0, 0.1) is 5.92 Å². The minimum absolute atomic E-state index is 0.893. The maximum atomic E-state index is 6.20. The summed E-state index contributed by atoms with van der Waals surface area (Å²) in [6, 6.07) is 6.40. The van der Waals surface area contributed by atoms with Gasteiger partial charge in [-0.2, -0.15) is 0 Å². The van der Waals surface area contributed by atoms with Gasteiger partial charge in [-0.1, -0.05) is 31.4 Å². The fourth-order valence-corrected chi connectivity index (χ4v) is 3.63. The molecule has 0 bridgehead atoms. The Balaban J connectivity index is 1.78.